The smallest absolute Gasteiger partial charge is 0.275 e. The molecule has 2 rings (SSSR count). The van der Waals surface area contributed by atoms with Crippen LogP contribution in [-0.4, -0.2) is 18.5 Å². The van der Waals surface area contributed by atoms with E-state index in [1.165, 1.54) is 18.9 Å². The number of hydrogen-bond donors (Lipinski definition) is 2. The van der Waals surface area contributed by atoms with E-state index in [0.717, 1.165) is 6.42 Å². The minimum absolute atomic E-state index is 0.0530. The van der Waals surface area contributed by atoms with Gasteiger partial charge in [0.1, 0.15) is 12.4 Å². The van der Waals surface area contributed by atoms with Gasteiger partial charge in [-0.1, -0.05) is 44.9 Å². The van der Waals surface area contributed by atoms with Crippen molar-refractivity contribution in [3.05, 3.63) is 35.6 Å². The predicted molar refractivity (Wildman–Crippen MR) is 81.0 cm³/mol. The summed E-state index contributed by atoms with van der Waals surface area (Å²) in [6.07, 6.45) is 3.52. The number of carbonyl (C=O) groups is 1. The molecule has 21 heavy (non-hydrogen) atoms. The van der Waals surface area contributed by atoms with Crippen LogP contribution in [0.5, 0.6) is 0 Å². The zero-order valence-corrected chi connectivity index (χ0v) is 12.9. The zero-order chi connectivity index (χ0) is 15.2. The number of benzene rings is 1. The second-order valence-corrected chi connectivity index (χ2v) is 6.23. The molecule has 0 aliphatic heterocycles. The summed E-state index contributed by atoms with van der Waals surface area (Å²) in [5.74, 6) is 1.06. The van der Waals surface area contributed by atoms with Crippen LogP contribution in [0, 0.1) is 17.7 Å². The topological polar surface area (TPSA) is 45.7 Å². The van der Waals surface area contributed by atoms with Gasteiger partial charge in [-0.15, -0.1) is 0 Å². The van der Waals surface area contributed by atoms with Crippen LogP contribution in [0.4, 0.5) is 4.39 Å². The third-order valence-corrected chi connectivity index (χ3v) is 4.71. The van der Waals surface area contributed by atoms with Gasteiger partial charge in [0.15, 0.2) is 6.54 Å². The Bertz CT molecular complexity index is 478. The summed E-state index contributed by atoms with van der Waals surface area (Å²) in [7, 11) is 0. The van der Waals surface area contributed by atoms with Crippen LogP contribution in [0.25, 0.3) is 0 Å². The SMILES string of the molecule is C[C@@H]1[C@H](C)CCC[C@@H]1NC(=O)C[NH2+]Cc1ccccc1F. The molecule has 3 atom stereocenters. The summed E-state index contributed by atoms with van der Waals surface area (Å²) in [6, 6.07) is 7.00. The maximum Gasteiger partial charge on any atom is 0.275 e. The molecule has 1 aliphatic rings. The van der Waals surface area contributed by atoms with Crippen molar-refractivity contribution in [2.24, 2.45) is 11.8 Å². The van der Waals surface area contributed by atoms with Gasteiger partial charge in [0.2, 0.25) is 0 Å². The Morgan fingerprint density at radius 1 is 1.33 bits per heavy atom. The third kappa shape index (κ3) is 4.53. The Morgan fingerprint density at radius 2 is 2.10 bits per heavy atom. The van der Waals surface area contributed by atoms with E-state index >= 15 is 0 Å². The van der Waals surface area contributed by atoms with Crippen LogP contribution in [0.2, 0.25) is 0 Å². The molecule has 1 fully saturated rings. The minimum Gasteiger partial charge on any atom is -0.348 e. The molecule has 4 heteroatoms. The van der Waals surface area contributed by atoms with Crippen LogP contribution >= 0.6 is 0 Å². The predicted octanol–water partition coefficient (Wildman–Crippen LogP) is 1.83. The standard InChI is InChI=1S/C17H25FN2O/c1-12-6-5-9-16(13(12)2)20-17(21)11-19-10-14-7-3-4-8-15(14)18/h3-4,7-8,12-13,16,19H,5-6,9-11H2,1-2H3,(H,20,21)/p+1/t12-,13-,16+/m1/s1. The Kier molecular flexibility index (Phi) is 5.74. The second-order valence-electron chi connectivity index (χ2n) is 6.23. The van der Waals surface area contributed by atoms with Crippen LogP contribution < -0.4 is 10.6 Å². The highest BCUT2D eigenvalue weighted by molar-refractivity contribution is 5.77. The minimum atomic E-state index is -0.205. The normalized spacial score (nSPS) is 25.6. The number of carbonyl (C=O) groups excluding carboxylic acids is 1. The molecule has 1 amide bonds. The van der Waals surface area contributed by atoms with Crippen LogP contribution in [0.1, 0.15) is 38.7 Å². The number of hydrogen-bond acceptors (Lipinski definition) is 1. The van der Waals surface area contributed by atoms with Crippen molar-refractivity contribution in [1.82, 2.24) is 5.32 Å². The molecule has 1 aromatic rings. The zero-order valence-electron chi connectivity index (χ0n) is 12.9. The molecule has 0 spiro atoms. The molecule has 3 N–H and O–H groups in total. The molecule has 0 aromatic heterocycles. The molecule has 116 valence electrons. The van der Waals surface area contributed by atoms with Gasteiger partial charge in [-0.25, -0.2) is 4.39 Å². The van der Waals surface area contributed by atoms with Crippen molar-refractivity contribution >= 4 is 5.91 Å². The first-order chi connectivity index (χ1) is 10.1. The second kappa shape index (κ2) is 7.55. The molecule has 0 saturated heterocycles. The molecule has 1 aromatic carbocycles. The molecule has 1 aliphatic carbocycles. The van der Waals surface area contributed by atoms with Gasteiger partial charge in [0, 0.05) is 11.6 Å². The van der Waals surface area contributed by atoms with Crippen molar-refractivity contribution < 1.29 is 14.5 Å². The Morgan fingerprint density at radius 3 is 2.86 bits per heavy atom. The largest absolute Gasteiger partial charge is 0.348 e. The fraction of sp³-hybridized carbons (Fsp3) is 0.588. The van der Waals surface area contributed by atoms with E-state index in [2.05, 4.69) is 19.2 Å². The number of rotatable bonds is 5. The highest BCUT2D eigenvalue weighted by Crippen LogP contribution is 2.29. The first-order valence-corrected chi connectivity index (χ1v) is 7.92. The van der Waals surface area contributed by atoms with Crippen LogP contribution in [-0.2, 0) is 11.3 Å². The van der Waals surface area contributed by atoms with Gasteiger partial charge in [-0.2, -0.15) is 0 Å². The van der Waals surface area contributed by atoms with E-state index in [-0.39, 0.29) is 11.7 Å². The summed E-state index contributed by atoms with van der Waals surface area (Å²) in [6.45, 7) is 5.33. The highest BCUT2D eigenvalue weighted by atomic mass is 19.1. The Hall–Kier alpha value is -1.42. The van der Waals surface area contributed by atoms with Gasteiger partial charge in [0.25, 0.3) is 5.91 Å². The Labute approximate surface area is 126 Å². The molecular formula is C17H26FN2O+. The molecule has 0 unspecified atom stereocenters. The van der Waals surface area contributed by atoms with Crippen molar-refractivity contribution in [2.75, 3.05) is 6.54 Å². The van der Waals surface area contributed by atoms with Gasteiger partial charge >= 0.3 is 0 Å². The average molecular weight is 293 g/mol. The van der Waals surface area contributed by atoms with Crippen molar-refractivity contribution in [3.63, 3.8) is 0 Å². The molecule has 0 radical (unpaired) electrons. The number of halogens is 1. The summed E-state index contributed by atoms with van der Waals surface area (Å²) < 4.78 is 13.5. The van der Waals surface area contributed by atoms with E-state index in [0.29, 0.717) is 36.5 Å². The van der Waals surface area contributed by atoms with Gasteiger partial charge in [0.05, 0.1) is 0 Å². The van der Waals surface area contributed by atoms with E-state index in [9.17, 15) is 9.18 Å². The molecule has 0 bridgehead atoms. The lowest BCUT2D eigenvalue weighted by Crippen LogP contribution is -2.85. The number of amides is 1. The van der Waals surface area contributed by atoms with Gasteiger partial charge < -0.3 is 10.6 Å². The maximum absolute atomic E-state index is 13.5. The lowest BCUT2D eigenvalue weighted by atomic mass is 9.78. The Balaban J connectivity index is 1.74. The number of nitrogens with one attached hydrogen (secondary N) is 1. The van der Waals surface area contributed by atoms with Gasteiger partial charge in [-0.3, -0.25) is 4.79 Å². The van der Waals surface area contributed by atoms with E-state index in [4.69, 9.17) is 0 Å². The fourth-order valence-corrected chi connectivity index (χ4v) is 3.07. The highest BCUT2D eigenvalue weighted by Gasteiger charge is 2.28. The van der Waals surface area contributed by atoms with Crippen molar-refractivity contribution in [1.29, 1.82) is 0 Å². The average Bonchev–Trinajstić information content (AvgIpc) is 2.46. The molecular weight excluding hydrogens is 267 g/mol. The lowest BCUT2D eigenvalue weighted by Gasteiger charge is -2.34. The van der Waals surface area contributed by atoms with Gasteiger partial charge in [-0.05, 0) is 24.3 Å². The number of quaternary nitrogens is 1. The molecule has 1 saturated carbocycles. The molecule has 0 heterocycles. The van der Waals surface area contributed by atoms with E-state index in [1.54, 1.807) is 12.1 Å². The lowest BCUT2D eigenvalue weighted by molar-refractivity contribution is -0.660. The first-order valence-electron chi connectivity index (χ1n) is 7.92. The van der Waals surface area contributed by atoms with Crippen molar-refractivity contribution in [3.8, 4) is 0 Å². The number of nitrogens with two attached hydrogens (primary N) is 1. The van der Waals surface area contributed by atoms with Crippen LogP contribution in [0.3, 0.4) is 0 Å². The quantitative estimate of drug-likeness (QED) is 0.855. The fourth-order valence-electron chi connectivity index (χ4n) is 3.07. The summed E-state index contributed by atoms with van der Waals surface area (Å²) in [5, 5.41) is 4.99. The monoisotopic (exact) mass is 293 g/mol. The van der Waals surface area contributed by atoms with Crippen LogP contribution in [0.15, 0.2) is 24.3 Å². The van der Waals surface area contributed by atoms with Crippen molar-refractivity contribution in [2.45, 2.75) is 45.7 Å². The van der Waals surface area contributed by atoms with E-state index < -0.39 is 0 Å². The summed E-state index contributed by atoms with van der Waals surface area (Å²) in [5.41, 5.74) is 0.643. The summed E-state index contributed by atoms with van der Waals surface area (Å²) >= 11 is 0. The maximum atomic E-state index is 13.5. The van der Waals surface area contributed by atoms with E-state index in [1.807, 2.05) is 11.4 Å². The summed E-state index contributed by atoms with van der Waals surface area (Å²) in [4.78, 5) is 12.0. The molecule has 3 nitrogen and oxygen atoms in total. The third-order valence-electron chi connectivity index (χ3n) is 4.71. The first kappa shape index (κ1) is 16.0.